The highest BCUT2D eigenvalue weighted by atomic mass is 16.7. The Hall–Kier alpha value is -4.99. The van der Waals surface area contributed by atoms with E-state index in [2.05, 4.69) is 45.3 Å². The molecule has 4 aliphatic heterocycles. The molecule has 4 saturated heterocycles. The number of aliphatic hydroxyl groups excluding tert-OH is 13. The van der Waals surface area contributed by atoms with E-state index in [0.717, 1.165) is 53.4 Å². The van der Waals surface area contributed by atoms with E-state index in [4.69, 9.17) is 52.1 Å². The van der Waals surface area contributed by atoms with Crippen LogP contribution in [0.3, 0.4) is 0 Å². The molecule has 0 bridgehead atoms. The number of ether oxygens (including phenoxy) is 11. The molecule has 1 aromatic carbocycles. The van der Waals surface area contributed by atoms with Crippen LogP contribution >= 0.6 is 0 Å². The fraction of sp³-hybridized carbons (Fsp3) is 0.800. The second-order valence-electron chi connectivity index (χ2n) is 26.1. The molecule has 0 spiro atoms. The van der Waals surface area contributed by atoms with Crippen LogP contribution in [0.15, 0.2) is 24.3 Å². The predicted octanol–water partition coefficient (Wildman–Crippen LogP) is -5.95. The van der Waals surface area contributed by atoms with Crippen molar-refractivity contribution in [2.24, 2.45) is 11.8 Å². The third-order valence-electron chi connectivity index (χ3n) is 18.7. The summed E-state index contributed by atoms with van der Waals surface area (Å²) in [6, 6.07) is -1.75. The van der Waals surface area contributed by atoms with Crippen LogP contribution in [-0.2, 0) is 66.5 Å². The topological polar surface area (TPSA) is 510 Å². The Morgan fingerprint density at radius 1 is 0.505 bits per heavy atom. The van der Waals surface area contributed by atoms with Crippen LogP contribution in [0.1, 0.15) is 110 Å². The van der Waals surface area contributed by atoms with Crippen LogP contribution in [0.2, 0.25) is 0 Å². The summed E-state index contributed by atoms with van der Waals surface area (Å²) in [5.74, 6) is 0.594. The Morgan fingerprint density at radius 2 is 1.01 bits per heavy atom. The second-order valence-corrected chi connectivity index (χ2v) is 26.1. The smallest absolute Gasteiger partial charge is 0.251 e. The quantitative estimate of drug-likeness (QED) is 0.0252. The highest BCUT2D eigenvalue weighted by Gasteiger charge is 2.58. The first kappa shape index (κ1) is 81.3. The molecular weight excluding hydrogens is 1310 g/mol. The standard InChI is InChI=1S/C65H103N5O29/c1-8-9-10-11-12-13-14-15-16-20-90-37-19-17-18-34(21-37)61(87)70-46-50(81)49(80)40(26-73)96-63(46)99-58-41(27-74)97-64(47(54(58)85)69-33(6)78)98-57-36(25-72)23-38(43(52(57)83)66-30(3)75)93-56-35(24-71)22-39(44(51(56)82)67-31(4)76)94-59-42(95-62(88)45(53(59)84)68-32(5)77)28-91-65-60(89-7)55(86)48(79)29(2)92-65/h17-19,21,29,35-36,38-60,62-65,71-74,79-86,88H,8-12,15-16,20,22-28H2,1-7H3,(H,66,75)(H,67,76)(H,68,77)(H,69,78)(H,70,87)/t29?,35-,36?,38+,39?,40?,41-,42?,43+,44?,45-,46-,47?,48?,49+,50+,51?,52+,53+,54?,55-,56+,57?,58+,59?,60+,62?,63?,64?,65+/m0/s1. The van der Waals surface area contributed by atoms with Gasteiger partial charge < -0.3 is 145 Å². The van der Waals surface area contributed by atoms with Gasteiger partial charge in [-0.2, -0.15) is 0 Å². The zero-order valence-corrected chi connectivity index (χ0v) is 56.6. The van der Waals surface area contributed by atoms with Crippen molar-refractivity contribution < 1.29 is 142 Å². The molecule has 18 N–H and O–H groups in total. The minimum atomic E-state index is -1.97. The van der Waals surface area contributed by atoms with E-state index in [-0.39, 0.29) is 18.4 Å². The van der Waals surface area contributed by atoms with Crippen LogP contribution < -0.4 is 31.3 Å². The molecule has 6 fully saturated rings. The molecular formula is C65H103N5O29. The van der Waals surface area contributed by atoms with Gasteiger partial charge in [-0.1, -0.05) is 32.3 Å². The van der Waals surface area contributed by atoms with Gasteiger partial charge in [0.2, 0.25) is 23.6 Å². The number of hydrogen-bond acceptors (Lipinski definition) is 29. The van der Waals surface area contributed by atoms with Crippen molar-refractivity contribution >= 4 is 29.5 Å². The maximum Gasteiger partial charge on any atom is 0.251 e. The van der Waals surface area contributed by atoms with Crippen LogP contribution in [0, 0.1) is 23.7 Å². The number of benzene rings is 1. The summed E-state index contributed by atoms with van der Waals surface area (Å²) >= 11 is 0. The van der Waals surface area contributed by atoms with Crippen molar-refractivity contribution in [3.8, 4) is 17.6 Å². The van der Waals surface area contributed by atoms with Gasteiger partial charge in [-0.25, -0.2) is 0 Å². The minimum Gasteiger partial charge on any atom is -0.494 e. The lowest BCUT2D eigenvalue weighted by molar-refractivity contribution is -0.342. The molecule has 0 radical (unpaired) electrons. The lowest BCUT2D eigenvalue weighted by atomic mass is 9.77. The summed E-state index contributed by atoms with van der Waals surface area (Å²) in [4.78, 5) is 65.4. The number of methoxy groups -OCH3 is 1. The fourth-order valence-corrected chi connectivity index (χ4v) is 13.5. The molecule has 1 aromatic rings. The number of carbonyl (C=O) groups excluding carboxylic acids is 5. The van der Waals surface area contributed by atoms with E-state index in [0.29, 0.717) is 25.2 Å². The van der Waals surface area contributed by atoms with Gasteiger partial charge in [-0.05, 0) is 50.8 Å². The van der Waals surface area contributed by atoms with E-state index < -0.39 is 246 Å². The summed E-state index contributed by atoms with van der Waals surface area (Å²) in [7, 11) is 1.23. The highest BCUT2D eigenvalue weighted by molar-refractivity contribution is 5.94. The monoisotopic (exact) mass is 1420 g/mol. The van der Waals surface area contributed by atoms with Crippen molar-refractivity contribution in [2.75, 3.05) is 46.8 Å². The Morgan fingerprint density at radius 3 is 1.58 bits per heavy atom. The molecule has 6 aliphatic rings. The highest BCUT2D eigenvalue weighted by Crippen LogP contribution is 2.40. The normalized spacial score (nSPS) is 39.4. The number of aliphatic hydroxyl groups is 13. The second kappa shape index (κ2) is 38.5. The first-order valence-electron chi connectivity index (χ1n) is 33.7. The van der Waals surface area contributed by atoms with Crippen molar-refractivity contribution in [3.63, 3.8) is 0 Å². The molecule has 34 heteroatoms. The average Bonchev–Trinajstić information content (AvgIpc) is 0.771. The summed E-state index contributed by atoms with van der Waals surface area (Å²) in [6.07, 6.45) is -31.1. The molecule has 4 heterocycles. The maximum atomic E-state index is 14.0. The van der Waals surface area contributed by atoms with Crippen molar-refractivity contribution in [1.82, 2.24) is 26.6 Å². The number of rotatable bonds is 30. The molecule has 15 unspecified atom stereocenters. The van der Waals surface area contributed by atoms with E-state index in [1.807, 2.05) is 0 Å². The van der Waals surface area contributed by atoms with Crippen LogP contribution in [0.5, 0.6) is 5.75 Å². The van der Waals surface area contributed by atoms with Gasteiger partial charge in [0.15, 0.2) is 25.2 Å². The average molecular weight is 1420 g/mol. The molecule has 34 nitrogen and oxygen atoms in total. The lowest BCUT2D eigenvalue weighted by Gasteiger charge is -2.52. The van der Waals surface area contributed by atoms with E-state index in [1.165, 1.54) is 32.6 Å². The summed E-state index contributed by atoms with van der Waals surface area (Å²) < 4.78 is 66.7. The fourth-order valence-electron chi connectivity index (χ4n) is 13.5. The zero-order chi connectivity index (χ0) is 72.5. The number of carbonyl (C=O) groups is 5. The van der Waals surface area contributed by atoms with E-state index >= 15 is 0 Å². The van der Waals surface area contributed by atoms with E-state index in [9.17, 15) is 90.4 Å². The third-order valence-corrected chi connectivity index (χ3v) is 18.7. The Bertz CT molecular complexity index is 2790. The maximum absolute atomic E-state index is 14.0. The number of hydrogen-bond donors (Lipinski definition) is 18. The van der Waals surface area contributed by atoms with Gasteiger partial charge in [-0.3, -0.25) is 24.0 Å². The van der Waals surface area contributed by atoms with Gasteiger partial charge in [0, 0.05) is 78.3 Å². The third kappa shape index (κ3) is 20.9. The molecule has 562 valence electrons. The molecule has 30 atom stereocenters. The Balaban J connectivity index is 1.07. The van der Waals surface area contributed by atoms with Crippen molar-refractivity contribution in [2.45, 2.75) is 271 Å². The molecule has 5 amide bonds. The van der Waals surface area contributed by atoms with Crippen molar-refractivity contribution in [3.05, 3.63) is 29.8 Å². The molecule has 2 saturated carbocycles. The van der Waals surface area contributed by atoms with Gasteiger partial charge in [0.05, 0.1) is 69.0 Å². The molecule has 0 aromatic heterocycles. The lowest BCUT2D eigenvalue weighted by Crippen LogP contribution is -2.70. The largest absolute Gasteiger partial charge is 0.494 e. The first-order chi connectivity index (χ1) is 47.2. The van der Waals surface area contributed by atoms with E-state index in [1.54, 1.807) is 12.1 Å². The Kier molecular flexibility index (Phi) is 31.6. The van der Waals surface area contributed by atoms with Gasteiger partial charge in [-0.15, -0.1) is 11.8 Å². The Labute approximate surface area is 573 Å². The minimum absolute atomic E-state index is 0.0499. The number of unbranched alkanes of at least 4 members (excludes halogenated alkanes) is 5. The first-order valence-corrected chi connectivity index (χ1v) is 33.7. The number of amides is 5. The summed E-state index contributed by atoms with van der Waals surface area (Å²) in [5.41, 5.74) is 0.0499. The van der Waals surface area contributed by atoms with Gasteiger partial charge in [0.1, 0.15) is 109 Å². The van der Waals surface area contributed by atoms with Crippen LogP contribution in [0.25, 0.3) is 0 Å². The SMILES string of the molecule is CCCCCCC#CCCCOc1cccc(C(=O)N[C@@H]2C(O[C@H]3C(O)C(NC(C)=O)C(OC4C(CO)C[C@@H](O[C@H]5C(O)C(NC(C)=O)C(OC6C(CO[C@@H]7OC(C)C(O)[C@H](O)[C@H]7OC)OC(O)[C@@H](NC(C)=O)[C@H]6O)C[C@H]5CO)[C@@H](NC(C)=O)[C@H]4O)O[C@H]3CO)OC(CO)[C@@H](O)[C@@H]2O)c1. The predicted molar refractivity (Wildman–Crippen MR) is 338 cm³/mol. The molecule has 7 rings (SSSR count). The van der Waals surface area contributed by atoms with Crippen molar-refractivity contribution in [1.29, 1.82) is 0 Å². The van der Waals surface area contributed by atoms with Gasteiger partial charge >= 0.3 is 0 Å². The summed E-state index contributed by atoms with van der Waals surface area (Å²) in [6.45, 7) is 4.37. The van der Waals surface area contributed by atoms with Crippen LogP contribution in [0.4, 0.5) is 0 Å². The summed E-state index contributed by atoms with van der Waals surface area (Å²) in [5, 5.41) is 160. The van der Waals surface area contributed by atoms with Crippen LogP contribution in [-0.4, -0.2) is 314 Å². The zero-order valence-electron chi connectivity index (χ0n) is 56.6. The molecule has 99 heavy (non-hydrogen) atoms. The molecule has 2 aliphatic carbocycles. The number of nitrogens with one attached hydrogen (secondary N) is 5. The van der Waals surface area contributed by atoms with Gasteiger partial charge in [0.25, 0.3) is 5.91 Å².